The molecule has 0 radical (unpaired) electrons. The highest BCUT2D eigenvalue weighted by Crippen LogP contribution is 2.29. The largest absolute Gasteiger partial charge is 0.389 e. The third-order valence-electron chi connectivity index (χ3n) is 4.36. The summed E-state index contributed by atoms with van der Waals surface area (Å²) in [6.07, 6.45) is -3.10. The second-order valence-corrected chi connectivity index (χ2v) is 6.33. The minimum atomic E-state index is -4.07. The van der Waals surface area contributed by atoms with Crippen molar-refractivity contribution in [2.45, 2.75) is 57.3 Å². The fourth-order valence-electron chi connectivity index (χ4n) is 3.21. The lowest BCUT2D eigenvalue weighted by Gasteiger charge is -2.44. The summed E-state index contributed by atoms with van der Waals surface area (Å²) in [5, 5.41) is 0. The molecule has 0 aromatic rings. The van der Waals surface area contributed by atoms with Gasteiger partial charge in [0.25, 0.3) is 0 Å². The van der Waals surface area contributed by atoms with Crippen molar-refractivity contribution in [3.05, 3.63) is 0 Å². The van der Waals surface area contributed by atoms with Gasteiger partial charge >= 0.3 is 6.18 Å². The minimum absolute atomic E-state index is 0.149. The normalized spacial score (nSPS) is 26.2. The van der Waals surface area contributed by atoms with Gasteiger partial charge in [0.2, 0.25) is 0 Å². The average Bonchev–Trinajstić information content (AvgIpc) is 2.48. The van der Waals surface area contributed by atoms with Crippen LogP contribution < -0.4 is 5.73 Å². The molecule has 0 spiro atoms. The zero-order valence-electron chi connectivity index (χ0n) is 12.8. The van der Waals surface area contributed by atoms with E-state index < -0.39 is 12.6 Å². The molecule has 1 saturated heterocycles. The third kappa shape index (κ3) is 5.22. The van der Waals surface area contributed by atoms with E-state index in [9.17, 15) is 13.2 Å². The van der Waals surface area contributed by atoms with Crippen molar-refractivity contribution in [3.8, 4) is 0 Å². The van der Waals surface area contributed by atoms with E-state index in [1.165, 1.54) is 0 Å². The summed E-state index contributed by atoms with van der Waals surface area (Å²) < 4.78 is 37.0. The number of alkyl halides is 3. The van der Waals surface area contributed by atoms with Crippen LogP contribution in [0.25, 0.3) is 0 Å². The zero-order chi connectivity index (χ0) is 15.4. The zero-order valence-corrected chi connectivity index (χ0v) is 12.8. The van der Waals surface area contributed by atoms with E-state index in [0.29, 0.717) is 19.0 Å². The molecule has 20 heavy (non-hydrogen) atoms. The SMILES string of the molecule is CC1CN(C)CCCN1C(C)(CN)CCCC(F)(F)F. The lowest BCUT2D eigenvalue weighted by Crippen LogP contribution is -2.56. The molecular weight excluding hydrogens is 267 g/mol. The van der Waals surface area contributed by atoms with E-state index in [2.05, 4.69) is 23.8 Å². The second-order valence-electron chi connectivity index (χ2n) is 6.33. The van der Waals surface area contributed by atoms with Gasteiger partial charge in [0.1, 0.15) is 0 Å². The van der Waals surface area contributed by atoms with Crippen LogP contribution in [-0.4, -0.2) is 60.8 Å². The molecule has 0 amide bonds. The number of rotatable bonds is 5. The van der Waals surface area contributed by atoms with E-state index in [0.717, 1.165) is 26.1 Å². The molecule has 0 aromatic heterocycles. The Morgan fingerprint density at radius 3 is 2.40 bits per heavy atom. The Kier molecular flexibility index (Phi) is 6.28. The molecule has 120 valence electrons. The number of nitrogens with two attached hydrogens (primary N) is 1. The highest BCUT2D eigenvalue weighted by Gasteiger charge is 2.36. The van der Waals surface area contributed by atoms with Crippen LogP contribution in [-0.2, 0) is 0 Å². The van der Waals surface area contributed by atoms with Crippen molar-refractivity contribution in [2.75, 3.05) is 33.2 Å². The average molecular weight is 295 g/mol. The fourth-order valence-corrected chi connectivity index (χ4v) is 3.21. The monoisotopic (exact) mass is 295 g/mol. The summed E-state index contributed by atoms with van der Waals surface area (Å²) in [4.78, 5) is 4.59. The third-order valence-corrected chi connectivity index (χ3v) is 4.36. The Hall–Kier alpha value is -0.330. The Morgan fingerprint density at radius 1 is 1.20 bits per heavy atom. The predicted octanol–water partition coefficient (Wildman–Crippen LogP) is 2.46. The summed E-state index contributed by atoms with van der Waals surface area (Å²) in [5.74, 6) is 0. The van der Waals surface area contributed by atoms with Gasteiger partial charge in [0, 0.05) is 37.6 Å². The Labute approximate surface area is 120 Å². The number of likely N-dealkylation sites (N-methyl/N-ethyl adjacent to an activating group) is 1. The molecule has 0 saturated carbocycles. The van der Waals surface area contributed by atoms with E-state index in [4.69, 9.17) is 5.73 Å². The maximum absolute atomic E-state index is 12.3. The first-order valence-corrected chi connectivity index (χ1v) is 7.40. The maximum Gasteiger partial charge on any atom is 0.389 e. The van der Waals surface area contributed by atoms with Crippen LogP contribution in [0.3, 0.4) is 0 Å². The molecule has 6 heteroatoms. The van der Waals surface area contributed by atoms with Gasteiger partial charge in [-0.15, -0.1) is 0 Å². The van der Waals surface area contributed by atoms with Crippen LogP contribution in [0.5, 0.6) is 0 Å². The first-order chi connectivity index (χ1) is 9.18. The lowest BCUT2D eigenvalue weighted by atomic mass is 9.91. The van der Waals surface area contributed by atoms with Gasteiger partial charge in [-0.05, 0) is 46.7 Å². The number of hydrogen-bond acceptors (Lipinski definition) is 3. The first-order valence-electron chi connectivity index (χ1n) is 7.40. The van der Waals surface area contributed by atoms with Gasteiger partial charge in [-0.2, -0.15) is 13.2 Å². The molecule has 1 aliphatic heterocycles. The Morgan fingerprint density at radius 2 is 1.85 bits per heavy atom. The minimum Gasteiger partial charge on any atom is -0.329 e. The molecule has 1 aliphatic rings. The Balaban J connectivity index is 2.65. The van der Waals surface area contributed by atoms with E-state index >= 15 is 0 Å². The van der Waals surface area contributed by atoms with Gasteiger partial charge in [-0.3, -0.25) is 4.90 Å². The molecule has 2 N–H and O–H groups in total. The molecule has 0 bridgehead atoms. The molecule has 1 fully saturated rings. The van der Waals surface area contributed by atoms with Crippen molar-refractivity contribution in [3.63, 3.8) is 0 Å². The van der Waals surface area contributed by atoms with Crippen LogP contribution in [0, 0.1) is 0 Å². The summed E-state index contributed by atoms with van der Waals surface area (Å²) in [5.41, 5.74) is 5.56. The molecule has 0 aromatic carbocycles. The number of hydrogen-bond donors (Lipinski definition) is 1. The second kappa shape index (κ2) is 7.09. The van der Waals surface area contributed by atoms with Gasteiger partial charge < -0.3 is 10.6 Å². The molecule has 1 rings (SSSR count). The topological polar surface area (TPSA) is 32.5 Å². The van der Waals surface area contributed by atoms with Crippen molar-refractivity contribution in [1.29, 1.82) is 0 Å². The highest BCUT2D eigenvalue weighted by atomic mass is 19.4. The van der Waals surface area contributed by atoms with Crippen molar-refractivity contribution < 1.29 is 13.2 Å². The maximum atomic E-state index is 12.3. The lowest BCUT2D eigenvalue weighted by molar-refractivity contribution is -0.137. The molecular formula is C14H28F3N3. The van der Waals surface area contributed by atoms with Crippen LogP contribution in [0.2, 0.25) is 0 Å². The van der Waals surface area contributed by atoms with Gasteiger partial charge in [0.15, 0.2) is 0 Å². The molecule has 1 heterocycles. The smallest absolute Gasteiger partial charge is 0.329 e. The van der Waals surface area contributed by atoms with Crippen LogP contribution in [0.1, 0.15) is 39.5 Å². The Bertz CT molecular complexity index is 296. The number of nitrogens with zero attached hydrogens (tertiary/aromatic N) is 2. The van der Waals surface area contributed by atoms with E-state index in [1.807, 2.05) is 6.92 Å². The summed E-state index contributed by atoms with van der Waals surface area (Å²) in [7, 11) is 2.09. The van der Waals surface area contributed by atoms with Gasteiger partial charge in [-0.1, -0.05) is 0 Å². The summed E-state index contributed by atoms with van der Waals surface area (Å²) >= 11 is 0. The standard InChI is InChI=1S/C14H28F3N3/c1-12-10-19(3)8-5-9-20(12)13(2,11-18)6-4-7-14(15,16)17/h12H,4-11,18H2,1-3H3. The van der Waals surface area contributed by atoms with Gasteiger partial charge in [-0.25, -0.2) is 0 Å². The molecule has 2 atom stereocenters. The highest BCUT2D eigenvalue weighted by molar-refractivity contribution is 4.92. The summed E-state index contributed by atoms with van der Waals surface area (Å²) in [6.45, 7) is 7.42. The fraction of sp³-hybridized carbons (Fsp3) is 1.00. The molecule has 0 aliphatic carbocycles. The van der Waals surface area contributed by atoms with Crippen LogP contribution in [0.4, 0.5) is 13.2 Å². The van der Waals surface area contributed by atoms with Crippen molar-refractivity contribution in [2.24, 2.45) is 5.73 Å². The molecule has 3 nitrogen and oxygen atoms in total. The first kappa shape index (κ1) is 17.7. The van der Waals surface area contributed by atoms with Crippen LogP contribution in [0.15, 0.2) is 0 Å². The predicted molar refractivity (Wildman–Crippen MR) is 75.6 cm³/mol. The van der Waals surface area contributed by atoms with Crippen molar-refractivity contribution >= 4 is 0 Å². The molecule has 2 unspecified atom stereocenters. The van der Waals surface area contributed by atoms with Crippen LogP contribution >= 0.6 is 0 Å². The number of halogens is 3. The quantitative estimate of drug-likeness (QED) is 0.845. The van der Waals surface area contributed by atoms with E-state index in [1.54, 1.807) is 0 Å². The van der Waals surface area contributed by atoms with E-state index in [-0.39, 0.29) is 12.0 Å². The van der Waals surface area contributed by atoms with Gasteiger partial charge in [0.05, 0.1) is 0 Å². The van der Waals surface area contributed by atoms with Crippen molar-refractivity contribution in [1.82, 2.24) is 9.80 Å². The summed E-state index contributed by atoms with van der Waals surface area (Å²) in [6, 6.07) is 0.321.